The molecule has 0 aliphatic heterocycles. The zero-order valence-electron chi connectivity index (χ0n) is 14.0. The van der Waals surface area contributed by atoms with Crippen molar-refractivity contribution in [2.24, 2.45) is 5.92 Å². The number of rotatable bonds is 5. The number of aliphatic hydroxyl groups is 1. The predicted molar refractivity (Wildman–Crippen MR) is 88.3 cm³/mol. The minimum absolute atomic E-state index is 0.149. The van der Waals surface area contributed by atoms with E-state index in [2.05, 4.69) is 47.7 Å². The smallest absolute Gasteiger partial charge is 0.192 e. The molecule has 114 valence electrons. The van der Waals surface area contributed by atoms with Gasteiger partial charge in [-0.1, -0.05) is 65.0 Å². The molecule has 0 radical (unpaired) electrons. The van der Waals surface area contributed by atoms with Crippen LogP contribution in [0.3, 0.4) is 0 Å². The fourth-order valence-corrected chi connectivity index (χ4v) is 3.36. The van der Waals surface area contributed by atoms with E-state index in [0.717, 1.165) is 5.56 Å². The molecule has 1 rings (SSSR count). The highest BCUT2D eigenvalue weighted by Crippen LogP contribution is 2.40. The number of hydrogen-bond donors (Lipinski definition) is 1. The van der Waals surface area contributed by atoms with Crippen LogP contribution in [-0.2, 0) is 4.43 Å². The van der Waals surface area contributed by atoms with Gasteiger partial charge in [0.25, 0.3) is 0 Å². The van der Waals surface area contributed by atoms with E-state index in [1.807, 2.05) is 30.3 Å². The summed E-state index contributed by atoms with van der Waals surface area (Å²) < 4.78 is 6.47. The molecule has 0 heterocycles. The molecule has 0 unspecified atom stereocenters. The topological polar surface area (TPSA) is 29.5 Å². The van der Waals surface area contributed by atoms with Crippen molar-refractivity contribution in [2.75, 3.05) is 0 Å². The van der Waals surface area contributed by atoms with Gasteiger partial charge in [0.1, 0.15) is 6.10 Å². The van der Waals surface area contributed by atoms with Crippen molar-refractivity contribution in [3.63, 3.8) is 0 Å². The first-order valence-electron chi connectivity index (χ1n) is 7.47. The minimum Gasteiger partial charge on any atom is -0.411 e. The van der Waals surface area contributed by atoms with Gasteiger partial charge in [-0.05, 0) is 29.6 Å². The van der Waals surface area contributed by atoms with E-state index in [0.29, 0.717) is 0 Å². The van der Waals surface area contributed by atoms with Crippen LogP contribution in [0.2, 0.25) is 18.1 Å². The summed E-state index contributed by atoms with van der Waals surface area (Å²) in [4.78, 5) is 0. The van der Waals surface area contributed by atoms with Crippen LogP contribution in [0, 0.1) is 5.92 Å². The molecule has 0 aliphatic rings. The Morgan fingerprint density at radius 3 is 1.95 bits per heavy atom. The lowest BCUT2D eigenvalue weighted by molar-refractivity contribution is -0.000856. The first-order valence-corrected chi connectivity index (χ1v) is 10.4. The van der Waals surface area contributed by atoms with Crippen molar-refractivity contribution in [1.29, 1.82) is 0 Å². The van der Waals surface area contributed by atoms with Gasteiger partial charge in [0.2, 0.25) is 0 Å². The zero-order chi connectivity index (χ0) is 15.6. The number of hydrogen-bond acceptors (Lipinski definition) is 2. The summed E-state index contributed by atoms with van der Waals surface area (Å²) in [6, 6.07) is 9.82. The van der Waals surface area contributed by atoms with Crippen molar-refractivity contribution in [1.82, 2.24) is 0 Å². The highest BCUT2D eigenvalue weighted by Gasteiger charge is 2.41. The molecule has 1 aromatic rings. The molecule has 0 bridgehead atoms. The van der Waals surface area contributed by atoms with Crippen LogP contribution in [0.5, 0.6) is 0 Å². The van der Waals surface area contributed by atoms with Gasteiger partial charge in [0.05, 0.1) is 6.10 Å². The van der Waals surface area contributed by atoms with Crippen molar-refractivity contribution >= 4 is 8.32 Å². The van der Waals surface area contributed by atoms with E-state index in [-0.39, 0.29) is 17.1 Å². The fourth-order valence-electron chi connectivity index (χ4n) is 1.92. The van der Waals surface area contributed by atoms with E-state index in [9.17, 15) is 5.11 Å². The summed E-state index contributed by atoms with van der Waals surface area (Å²) in [7, 11) is -1.89. The normalized spacial score (nSPS) is 16.2. The first kappa shape index (κ1) is 17.4. The van der Waals surface area contributed by atoms with Crippen LogP contribution < -0.4 is 0 Å². The van der Waals surface area contributed by atoms with Crippen LogP contribution >= 0.6 is 0 Å². The highest BCUT2D eigenvalue weighted by molar-refractivity contribution is 6.74. The van der Waals surface area contributed by atoms with Crippen LogP contribution in [0.1, 0.15) is 46.3 Å². The third kappa shape index (κ3) is 4.17. The summed E-state index contributed by atoms with van der Waals surface area (Å²) in [5.74, 6) is 0.277. The summed E-state index contributed by atoms with van der Waals surface area (Å²) in [5, 5.41) is 10.8. The third-order valence-electron chi connectivity index (χ3n) is 4.35. The maximum absolute atomic E-state index is 10.7. The monoisotopic (exact) mass is 294 g/mol. The van der Waals surface area contributed by atoms with Gasteiger partial charge < -0.3 is 9.53 Å². The second-order valence-electron chi connectivity index (χ2n) is 7.44. The molecule has 0 saturated heterocycles. The van der Waals surface area contributed by atoms with Gasteiger partial charge in [-0.15, -0.1) is 0 Å². The Morgan fingerprint density at radius 1 is 1.05 bits per heavy atom. The zero-order valence-corrected chi connectivity index (χ0v) is 15.0. The van der Waals surface area contributed by atoms with E-state index in [4.69, 9.17) is 4.43 Å². The lowest BCUT2D eigenvalue weighted by atomic mass is 9.96. The average molecular weight is 295 g/mol. The second kappa shape index (κ2) is 6.42. The van der Waals surface area contributed by atoms with Gasteiger partial charge in [0, 0.05) is 0 Å². The quantitative estimate of drug-likeness (QED) is 0.793. The van der Waals surface area contributed by atoms with Gasteiger partial charge >= 0.3 is 0 Å². The van der Waals surface area contributed by atoms with Crippen molar-refractivity contribution in [3.8, 4) is 0 Å². The summed E-state index contributed by atoms with van der Waals surface area (Å²) in [6.45, 7) is 15.4. The minimum atomic E-state index is -1.89. The SMILES string of the molecule is CC(C)[C@H](O[Si](C)(C)C(C)(C)C)[C@H](O)c1ccccc1. The molecule has 20 heavy (non-hydrogen) atoms. The summed E-state index contributed by atoms with van der Waals surface area (Å²) in [5.41, 5.74) is 0.935. The van der Waals surface area contributed by atoms with E-state index in [1.54, 1.807) is 0 Å². The lowest BCUT2D eigenvalue weighted by Gasteiger charge is -2.42. The van der Waals surface area contributed by atoms with Gasteiger partial charge in [-0.3, -0.25) is 0 Å². The Balaban J connectivity index is 2.96. The molecular weight excluding hydrogens is 264 g/mol. The molecule has 0 saturated carbocycles. The first-order chi connectivity index (χ1) is 9.06. The van der Waals surface area contributed by atoms with Gasteiger partial charge in [-0.25, -0.2) is 0 Å². The summed E-state index contributed by atoms with van der Waals surface area (Å²) in [6.07, 6.45) is -0.719. The molecular formula is C17H30O2Si. The molecule has 2 nitrogen and oxygen atoms in total. The Morgan fingerprint density at radius 2 is 1.55 bits per heavy atom. The third-order valence-corrected chi connectivity index (χ3v) is 8.82. The van der Waals surface area contributed by atoms with Crippen LogP contribution in [0.15, 0.2) is 30.3 Å². The molecule has 0 spiro atoms. The molecule has 0 fully saturated rings. The Bertz CT molecular complexity index is 407. The lowest BCUT2D eigenvalue weighted by Crippen LogP contribution is -2.47. The molecule has 0 amide bonds. The number of benzene rings is 1. The van der Waals surface area contributed by atoms with Crippen LogP contribution in [0.25, 0.3) is 0 Å². The Labute approximate surface area is 125 Å². The van der Waals surface area contributed by atoms with Crippen molar-refractivity contribution in [2.45, 2.75) is 65.0 Å². The van der Waals surface area contributed by atoms with Gasteiger partial charge in [-0.2, -0.15) is 0 Å². The van der Waals surface area contributed by atoms with E-state index in [1.165, 1.54) is 0 Å². The van der Waals surface area contributed by atoms with Gasteiger partial charge in [0.15, 0.2) is 8.32 Å². The standard InChI is InChI=1S/C17H30O2Si/c1-13(2)16(19-20(6,7)17(3,4)5)15(18)14-11-9-8-10-12-14/h8-13,15-16,18H,1-7H3/t15-,16+/m1/s1. The molecule has 3 heteroatoms. The van der Waals surface area contributed by atoms with Crippen LogP contribution in [0.4, 0.5) is 0 Å². The largest absolute Gasteiger partial charge is 0.411 e. The van der Waals surface area contributed by atoms with E-state index >= 15 is 0 Å². The van der Waals surface area contributed by atoms with E-state index < -0.39 is 14.4 Å². The Kier molecular flexibility index (Phi) is 5.59. The molecule has 2 atom stereocenters. The van der Waals surface area contributed by atoms with Crippen molar-refractivity contribution in [3.05, 3.63) is 35.9 Å². The number of aliphatic hydroxyl groups excluding tert-OH is 1. The molecule has 0 aliphatic carbocycles. The molecule has 1 N–H and O–H groups in total. The molecule has 0 aromatic heterocycles. The average Bonchev–Trinajstić information content (AvgIpc) is 2.34. The summed E-state index contributed by atoms with van der Waals surface area (Å²) >= 11 is 0. The maximum Gasteiger partial charge on any atom is 0.192 e. The molecule has 1 aromatic carbocycles. The second-order valence-corrected chi connectivity index (χ2v) is 12.2. The predicted octanol–water partition coefficient (Wildman–Crippen LogP) is 4.77. The Hall–Kier alpha value is -0.643. The maximum atomic E-state index is 10.7. The highest BCUT2D eigenvalue weighted by atomic mass is 28.4. The van der Waals surface area contributed by atoms with Crippen LogP contribution in [-0.4, -0.2) is 19.5 Å². The van der Waals surface area contributed by atoms with Crippen molar-refractivity contribution < 1.29 is 9.53 Å². The fraction of sp³-hybridized carbons (Fsp3) is 0.647.